The Balaban J connectivity index is 2.57. The SMILES string of the molecule is Cc1cc(C)cc(N=c2scc(C)n2C(C)C)c1. The van der Waals surface area contributed by atoms with Gasteiger partial charge < -0.3 is 4.57 Å². The number of hydrogen-bond acceptors (Lipinski definition) is 2. The predicted molar refractivity (Wildman–Crippen MR) is 78.6 cm³/mol. The normalized spacial score (nSPS) is 12.4. The zero-order valence-corrected chi connectivity index (χ0v) is 12.5. The van der Waals surface area contributed by atoms with Gasteiger partial charge in [0.1, 0.15) is 0 Å². The van der Waals surface area contributed by atoms with Gasteiger partial charge in [-0.05, 0) is 57.9 Å². The Labute approximate surface area is 113 Å². The van der Waals surface area contributed by atoms with Gasteiger partial charge in [0.2, 0.25) is 0 Å². The van der Waals surface area contributed by atoms with E-state index >= 15 is 0 Å². The summed E-state index contributed by atoms with van der Waals surface area (Å²) < 4.78 is 2.28. The first-order valence-electron chi connectivity index (χ1n) is 6.27. The Morgan fingerprint density at radius 2 is 1.67 bits per heavy atom. The molecule has 0 fully saturated rings. The van der Waals surface area contributed by atoms with Crippen molar-refractivity contribution in [3.63, 3.8) is 0 Å². The summed E-state index contributed by atoms with van der Waals surface area (Å²) in [6.45, 7) is 10.8. The highest BCUT2D eigenvalue weighted by Crippen LogP contribution is 2.17. The smallest absolute Gasteiger partial charge is 0.190 e. The second-order valence-electron chi connectivity index (χ2n) is 5.08. The number of benzene rings is 1. The molecule has 0 bridgehead atoms. The summed E-state index contributed by atoms with van der Waals surface area (Å²) in [5.74, 6) is 0. The number of thiazole rings is 1. The molecule has 96 valence electrons. The fourth-order valence-corrected chi connectivity index (χ4v) is 3.25. The number of nitrogens with zero attached hydrogens (tertiary/aromatic N) is 2. The van der Waals surface area contributed by atoms with Gasteiger partial charge in [0, 0.05) is 17.1 Å². The van der Waals surface area contributed by atoms with Crippen molar-refractivity contribution in [1.82, 2.24) is 4.57 Å². The predicted octanol–water partition coefficient (Wildman–Crippen LogP) is 4.29. The van der Waals surface area contributed by atoms with E-state index in [-0.39, 0.29) is 0 Å². The third kappa shape index (κ3) is 2.72. The molecule has 3 heteroatoms. The van der Waals surface area contributed by atoms with Crippen LogP contribution < -0.4 is 4.80 Å². The first-order valence-corrected chi connectivity index (χ1v) is 7.15. The summed E-state index contributed by atoms with van der Waals surface area (Å²) in [6, 6.07) is 6.88. The van der Waals surface area contributed by atoms with Gasteiger partial charge in [0.15, 0.2) is 4.80 Å². The summed E-state index contributed by atoms with van der Waals surface area (Å²) in [5.41, 5.74) is 4.85. The third-order valence-corrected chi connectivity index (χ3v) is 3.83. The molecule has 0 aliphatic rings. The molecule has 1 heterocycles. The molecule has 2 aromatic rings. The Morgan fingerprint density at radius 1 is 1.06 bits per heavy atom. The van der Waals surface area contributed by atoms with Crippen LogP contribution in [0, 0.1) is 20.8 Å². The minimum atomic E-state index is 0.445. The van der Waals surface area contributed by atoms with E-state index in [9.17, 15) is 0 Å². The maximum atomic E-state index is 4.79. The summed E-state index contributed by atoms with van der Waals surface area (Å²) in [6.07, 6.45) is 0. The van der Waals surface area contributed by atoms with Gasteiger partial charge in [-0.2, -0.15) is 0 Å². The van der Waals surface area contributed by atoms with Crippen molar-refractivity contribution in [2.75, 3.05) is 0 Å². The first kappa shape index (κ1) is 13.1. The van der Waals surface area contributed by atoms with Crippen LogP contribution in [0.15, 0.2) is 28.6 Å². The van der Waals surface area contributed by atoms with Gasteiger partial charge in [-0.15, -0.1) is 11.3 Å². The van der Waals surface area contributed by atoms with Gasteiger partial charge in [0.05, 0.1) is 5.69 Å². The summed E-state index contributed by atoms with van der Waals surface area (Å²) >= 11 is 1.71. The van der Waals surface area contributed by atoms with Crippen LogP contribution in [-0.2, 0) is 0 Å². The van der Waals surface area contributed by atoms with E-state index in [0.717, 1.165) is 10.5 Å². The van der Waals surface area contributed by atoms with Crippen LogP contribution in [0.25, 0.3) is 0 Å². The maximum absolute atomic E-state index is 4.79. The number of rotatable bonds is 2. The molecule has 0 unspecified atom stereocenters. The molecule has 2 nitrogen and oxygen atoms in total. The fraction of sp³-hybridized carbons (Fsp3) is 0.400. The average Bonchev–Trinajstić information content (AvgIpc) is 2.57. The van der Waals surface area contributed by atoms with Crippen LogP contribution in [0.1, 0.15) is 36.7 Å². The highest BCUT2D eigenvalue weighted by atomic mass is 32.1. The van der Waals surface area contributed by atoms with Crippen LogP contribution in [0.3, 0.4) is 0 Å². The monoisotopic (exact) mass is 260 g/mol. The number of aryl methyl sites for hydroxylation is 3. The number of hydrogen-bond donors (Lipinski definition) is 0. The molecular weight excluding hydrogens is 240 g/mol. The molecule has 0 spiro atoms. The molecule has 0 aliphatic carbocycles. The molecule has 0 N–H and O–H groups in total. The average molecular weight is 260 g/mol. The molecule has 1 aromatic heterocycles. The topological polar surface area (TPSA) is 17.3 Å². The van der Waals surface area contributed by atoms with Gasteiger partial charge in [-0.25, -0.2) is 4.99 Å². The van der Waals surface area contributed by atoms with Crippen LogP contribution >= 0.6 is 11.3 Å². The summed E-state index contributed by atoms with van der Waals surface area (Å²) in [4.78, 5) is 5.86. The van der Waals surface area contributed by atoms with Crippen molar-refractivity contribution >= 4 is 17.0 Å². The van der Waals surface area contributed by atoms with Crippen molar-refractivity contribution in [3.05, 3.63) is 45.2 Å². The van der Waals surface area contributed by atoms with Crippen LogP contribution in [-0.4, -0.2) is 4.57 Å². The molecule has 0 aliphatic heterocycles. The lowest BCUT2D eigenvalue weighted by molar-refractivity contribution is 0.570. The molecule has 0 radical (unpaired) electrons. The van der Waals surface area contributed by atoms with E-state index in [1.165, 1.54) is 16.8 Å². The second-order valence-corrected chi connectivity index (χ2v) is 5.92. The molecule has 0 atom stereocenters. The zero-order chi connectivity index (χ0) is 13.3. The fourth-order valence-electron chi connectivity index (χ4n) is 2.24. The van der Waals surface area contributed by atoms with Crippen LogP contribution in [0.2, 0.25) is 0 Å². The van der Waals surface area contributed by atoms with Gasteiger partial charge >= 0.3 is 0 Å². The van der Waals surface area contributed by atoms with Gasteiger partial charge in [0.25, 0.3) is 0 Å². The van der Waals surface area contributed by atoms with E-state index in [1.807, 2.05) is 0 Å². The molecule has 18 heavy (non-hydrogen) atoms. The van der Waals surface area contributed by atoms with Gasteiger partial charge in [-0.1, -0.05) is 6.07 Å². The van der Waals surface area contributed by atoms with E-state index in [2.05, 4.69) is 62.8 Å². The molecule has 0 amide bonds. The molecule has 2 rings (SSSR count). The summed E-state index contributed by atoms with van der Waals surface area (Å²) in [5, 5.41) is 2.17. The van der Waals surface area contributed by atoms with Gasteiger partial charge in [-0.3, -0.25) is 0 Å². The lowest BCUT2D eigenvalue weighted by Crippen LogP contribution is -2.17. The minimum Gasteiger partial charge on any atom is -0.319 e. The largest absolute Gasteiger partial charge is 0.319 e. The van der Waals surface area contributed by atoms with Crippen LogP contribution in [0.4, 0.5) is 5.69 Å². The lowest BCUT2D eigenvalue weighted by Gasteiger charge is -2.09. The van der Waals surface area contributed by atoms with Crippen molar-refractivity contribution in [2.24, 2.45) is 4.99 Å². The highest BCUT2D eigenvalue weighted by molar-refractivity contribution is 7.07. The summed E-state index contributed by atoms with van der Waals surface area (Å²) in [7, 11) is 0. The zero-order valence-electron chi connectivity index (χ0n) is 11.7. The molecule has 0 saturated carbocycles. The molecule has 1 aromatic carbocycles. The Bertz CT molecular complexity index is 597. The molecular formula is C15H20N2S. The van der Waals surface area contributed by atoms with Crippen molar-refractivity contribution in [3.8, 4) is 0 Å². The van der Waals surface area contributed by atoms with E-state index in [1.54, 1.807) is 11.3 Å². The first-order chi connectivity index (χ1) is 8.47. The molecule has 0 saturated heterocycles. The lowest BCUT2D eigenvalue weighted by atomic mass is 10.1. The Hall–Kier alpha value is -1.35. The highest BCUT2D eigenvalue weighted by Gasteiger charge is 2.05. The van der Waals surface area contributed by atoms with E-state index in [4.69, 9.17) is 4.99 Å². The Morgan fingerprint density at radius 3 is 2.22 bits per heavy atom. The Kier molecular flexibility index (Phi) is 3.71. The van der Waals surface area contributed by atoms with Crippen molar-refractivity contribution < 1.29 is 0 Å². The minimum absolute atomic E-state index is 0.445. The van der Waals surface area contributed by atoms with Crippen molar-refractivity contribution in [2.45, 2.75) is 40.7 Å². The second kappa shape index (κ2) is 5.11. The van der Waals surface area contributed by atoms with E-state index < -0.39 is 0 Å². The quantitative estimate of drug-likeness (QED) is 0.766. The standard InChI is InChI=1S/C15H20N2S/c1-10(2)17-13(5)9-18-15(17)16-14-7-11(3)6-12(4)8-14/h6-10H,1-5H3. The third-order valence-electron chi connectivity index (χ3n) is 2.87. The van der Waals surface area contributed by atoms with Crippen molar-refractivity contribution in [1.29, 1.82) is 0 Å². The van der Waals surface area contributed by atoms with Crippen LogP contribution in [0.5, 0.6) is 0 Å². The number of aromatic nitrogens is 1. The van der Waals surface area contributed by atoms with E-state index in [0.29, 0.717) is 6.04 Å². The maximum Gasteiger partial charge on any atom is 0.190 e.